The minimum atomic E-state index is -0.514. The zero-order valence-corrected chi connectivity index (χ0v) is 21.7. The summed E-state index contributed by atoms with van der Waals surface area (Å²) in [6, 6.07) is 8.90. The molecule has 5 atom stereocenters. The molecule has 2 aromatic rings. The van der Waals surface area contributed by atoms with Gasteiger partial charge in [0.15, 0.2) is 0 Å². The number of ether oxygens (including phenoxy) is 1. The summed E-state index contributed by atoms with van der Waals surface area (Å²) < 4.78 is 19.5. The number of anilines is 2. The van der Waals surface area contributed by atoms with Crippen molar-refractivity contribution in [3.8, 4) is 6.07 Å². The van der Waals surface area contributed by atoms with E-state index < -0.39 is 5.60 Å². The number of benzene rings is 1. The van der Waals surface area contributed by atoms with Crippen LogP contribution >= 0.6 is 0 Å². The lowest BCUT2D eigenvalue weighted by atomic mass is 9.48. The van der Waals surface area contributed by atoms with Crippen molar-refractivity contribution < 1.29 is 13.9 Å². The Morgan fingerprint density at radius 1 is 1.19 bits per heavy atom. The van der Waals surface area contributed by atoms with E-state index in [1.54, 1.807) is 18.2 Å². The molecule has 0 spiro atoms. The quantitative estimate of drug-likeness (QED) is 0.471. The van der Waals surface area contributed by atoms with Crippen molar-refractivity contribution in [2.75, 3.05) is 17.2 Å². The predicted molar refractivity (Wildman–Crippen MR) is 138 cm³/mol. The number of nitrogens with zero attached hydrogens (tertiary/aromatic N) is 3. The number of nitriles is 1. The average Bonchev–Trinajstić information content (AvgIpc) is 2.83. The van der Waals surface area contributed by atoms with Gasteiger partial charge in [-0.15, -0.1) is 0 Å². The third-order valence-corrected chi connectivity index (χ3v) is 8.02. The van der Waals surface area contributed by atoms with Gasteiger partial charge in [-0.05, 0) is 82.1 Å². The van der Waals surface area contributed by atoms with Crippen LogP contribution in [0.15, 0.2) is 30.5 Å². The van der Waals surface area contributed by atoms with Gasteiger partial charge < -0.3 is 20.7 Å². The molecule has 9 heteroatoms. The molecule has 4 aliphatic carbocycles. The van der Waals surface area contributed by atoms with Gasteiger partial charge in [0.1, 0.15) is 28.9 Å². The van der Waals surface area contributed by atoms with E-state index in [9.17, 15) is 14.4 Å². The summed E-state index contributed by atoms with van der Waals surface area (Å²) in [5.41, 5.74) is 0.500. The van der Waals surface area contributed by atoms with Gasteiger partial charge in [-0.3, -0.25) is 0 Å². The van der Waals surface area contributed by atoms with Crippen LogP contribution in [-0.4, -0.2) is 34.2 Å². The lowest BCUT2D eigenvalue weighted by molar-refractivity contribution is -0.0703. The number of nitrogens with one attached hydrogen (secondary N) is 3. The molecule has 1 aromatic carbocycles. The van der Waals surface area contributed by atoms with Crippen molar-refractivity contribution in [1.82, 2.24) is 15.3 Å². The van der Waals surface area contributed by atoms with Crippen LogP contribution in [0.4, 0.5) is 21.0 Å². The fourth-order valence-corrected chi connectivity index (χ4v) is 6.86. The fourth-order valence-electron chi connectivity index (χ4n) is 6.86. The summed E-state index contributed by atoms with van der Waals surface area (Å²) in [6.07, 6.45) is 6.65. The number of hydrogen-bond acceptors (Lipinski definition) is 7. The van der Waals surface area contributed by atoms with Crippen LogP contribution < -0.4 is 16.0 Å². The summed E-state index contributed by atoms with van der Waals surface area (Å²) in [7, 11) is 0. The molecule has 1 unspecified atom stereocenters. The van der Waals surface area contributed by atoms with Crippen molar-refractivity contribution in [3.05, 3.63) is 47.4 Å². The van der Waals surface area contributed by atoms with Crippen molar-refractivity contribution in [2.24, 2.45) is 23.2 Å². The van der Waals surface area contributed by atoms with E-state index in [1.807, 2.05) is 20.8 Å². The predicted octanol–water partition coefficient (Wildman–Crippen LogP) is 5.23. The maximum absolute atomic E-state index is 14.0. The molecule has 4 aliphatic rings. The Labute approximate surface area is 217 Å². The molecule has 4 fully saturated rings. The number of aromatic nitrogens is 2. The Balaban J connectivity index is 1.24. The molecule has 1 amide bonds. The second kappa shape index (κ2) is 9.81. The molecular weight excluding hydrogens is 471 g/mol. The van der Waals surface area contributed by atoms with Gasteiger partial charge in [-0.1, -0.05) is 18.2 Å². The van der Waals surface area contributed by atoms with E-state index >= 15 is 0 Å². The molecule has 4 saturated carbocycles. The number of carbonyl (C=O) groups is 1. The molecular formula is C28H35FN6O2. The molecule has 196 valence electrons. The van der Waals surface area contributed by atoms with Crippen LogP contribution in [0.2, 0.25) is 0 Å². The SMILES string of the molecule is CC(C)(C)OC(=O)N[C@@H]1[C@@H]2CC3C[C@H]1C[C@@](CNc1nc(NCc4ccccc4F)ncc1C#N)(C3)C2. The average molecular weight is 507 g/mol. The van der Waals surface area contributed by atoms with Crippen molar-refractivity contribution in [2.45, 2.75) is 71.1 Å². The Morgan fingerprint density at radius 2 is 1.92 bits per heavy atom. The first-order chi connectivity index (χ1) is 17.6. The van der Waals surface area contributed by atoms with Gasteiger partial charge in [-0.2, -0.15) is 10.2 Å². The van der Waals surface area contributed by atoms with Crippen LogP contribution in [0, 0.1) is 40.3 Å². The largest absolute Gasteiger partial charge is 0.444 e. The number of hydrogen-bond donors (Lipinski definition) is 3. The van der Waals surface area contributed by atoms with Crippen molar-refractivity contribution in [1.29, 1.82) is 5.26 Å². The molecule has 3 N–H and O–H groups in total. The molecule has 4 bridgehead atoms. The van der Waals surface area contributed by atoms with Crippen LogP contribution in [0.25, 0.3) is 0 Å². The number of carbonyl (C=O) groups excluding carboxylic acids is 1. The molecule has 37 heavy (non-hydrogen) atoms. The van der Waals surface area contributed by atoms with E-state index in [4.69, 9.17) is 4.74 Å². The monoisotopic (exact) mass is 506 g/mol. The number of rotatable bonds is 7. The van der Waals surface area contributed by atoms with Crippen LogP contribution in [0.5, 0.6) is 0 Å². The number of halogens is 1. The van der Waals surface area contributed by atoms with Gasteiger partial charge in [0.2, 0.25) is 5.95 Å². The lowest BCUT2D eigenvalue weighted by Crippen LogP contribution is -2.60. The smallest absolute Gasteiger partial charge is 0.407 e. The van der Waals surface area contributed by atoms with E-state index in [0.29, 0.717) is 47.2 Å². The zero-order chi connectivity index (χ0) is 26.2. The van der Waals surface area contributed by atoms with Crippen LogP contribution in [0.1, 0.15) is 64.0 Å². The highest BCUT2D eigenvalue weighted by Gasteiger charge is 2.55. The highest BCUT2D eigenvalue weighted by molar-refractivity contribution is 5.68. The minimum Gasteiger partial charge on any atom is -0.444 e. The normalized spacial score (nSPS) is 27.9. The first-order valence-electron chi connectivity index (χ1n) is 13.1. The van der Waals surface area contributed by atoms with Gasteiger partial charge in [0.25, 0.3) is 0 Å². The molecule has 8 nitrogen and oxygen atoms in total. The maximum atomic E-state index is 14.0. The Hall–Kier alpha value is -3.41. The lowest BCUT2D eigenvalue weighted by Gasteiger charge is -2.60. The van der Waals surface area contributed by atoms with Crippen molar-refractivity contribution >= 4 is 17.9 Å². The second-order valence-corrected chi connectivity index (χ2v) is 12.0. The van der Waals surface area contributed by atoms with Gasteiger partial charge in [0.05, 0.1) is 6.20 Å². The van der Waals surface area contributed by atoms with E-state index in [1.165, 1.54) is 12.3 Å². The van der Waals surface area contributed by atoms with Gasteiger partial charge >= 0.3 is 6.09 Å². The van der Waals surface area contributed by atoms with Crippen LogP contribution in [-0.2, 0) is 11.3 Å². The highest BCUT2D eigenvalue weighted by atomic mass is 19.1. The van der Waals surface area contributed by atoms with E-state index in [2.05, 4.69) is 32.0 Å². The molecule has 0 aliphatic heterocycles. The van der Waals surface area contributed by atoms with E-state index in [-0.39, 0.29) is 29.9 Å². The Kier molecular flexibility index (Phi) is 6.69. The summed E-state index contributed by atoms with van der Waals surface area (Å²) in [5, 5.41) is 19.3. The summed E-state index contributed by atoms with van der Waals surface area (Å²) in [6.45, 7) is 6.61. The Morgan fingerprint density at radius 3 is 2.59 bits per heavy atom. The molecule has 0 saturated heterocycles. The number of amides is 1. The first-order valence-corrected chi connectivity index (χ1v) is 13.1. The molecule has 0 radical (unpaired) electrons. The standard InChI is InChI=1S/C28H35FN6O2/c1-27(2,3)37-26(36)34-23-19-8-17-9-20(23)12-28(10-17,11-19)16-33-24-21(13-30)15-32-25(35-24)31-14-18-6-4-5-7-22(18)29/h4-7,15,17,19-20,23H,8-12,14,16H2,1-3H3,(H,34,36)(H2,31,32,33,35)/t17?,19-,20+,23-,28-. The maximum Gasteiger partial charge on any atom is 0.407 e. The molecule has 1 heterocycles. The van der Waals surface area contributed by atoms with Gasteiger partial charge in [-0.25, -0.2) is 14.2 Å². The van der Waals surface area contributed by atoms with Gasteiger partial charge in [0, 0.05) is 24.7 Å². The minimum absolute atomic E-state index is 0.112. The third-order valence-electron chi connectivity index (χ3n) is 8.02. The summed E-state index contributed by atoms with van der Waals surface area (Å²) in [5.74, 6) is 2.07. The molecule has 6 rings (SSSR count). The highest BCUT2D eigenvalue weighted by Crippen LogP contribution is 2.60. The second-order valence-electron chi connectivity index (χ2n) is 12.0. The Bertz CT molecular complexity index is 1190. The fraction of sp³-hybridized carbons (Fsp3) is 0.571. The third kappa shape index (κ3) is 5.63. The number of alkyl carbamates (subject to hydrolysis) is 1. The summed E-state index contributed by atoms with van der Waals surface area (Å²) >= 11 is 0. The summed E-state index contributed by atoms with van der Waals surface area (Å²) in [4.78, 5) is 21.3. The zero-order valence-electron chi connectivity index (χ0n) is 21.7. The first kappa shape index (κ1) is 25.2. The topological polar surface area (TPSA) is 112 Å². The van der Waals surface area contributed by atoms with Crippen LogP contribution in [0.3, 0.4) is 0 Å². The van der Waals surface area contributed by atoms with E-state index in [0.717, 1.165) is 32.1 Å². The van der Waals surface area contributed by atoms with Crippen molar-refractivity contribution in [3.63, 3.8) is 0 Å². The molecule has 1 aromatic heterocycles.